The van der Waals surface area contributed by atoms with Crippen LogP contribution in [0.15, 0.2) is 36.4 Å². The Morgan fingerprint density at radius 2 is 1.57 bits per heavy atom. The third-order valence-corrected chi connectivity index (χ3v) is 10.4. The van der Waals surface area contributed by atoms with Crippen molar-refractivity contribution in [2.75, 3.05) is 14.1 Å². The third kappa shape index (κ3) is 3.08. The number of nitrogens with zero attached hydrogens (tertiary/aromatic N) is 3. The maximum atomic E-state index is 13.1. The van der Waals surface area contributed by atoms with Crippen LogP contribution in [-0.4, -0.2) is 65.9 Å². The number of hydrogen-bond acceptors (Lipinski definition) is 3. The maximum absolute atomic E-state index is 13.1. The van der Waals surface area contributed by atoms with E-state index in [0.29, 0.717) is 10.2 Å². The molecule has 7 heteroatoms. The van der Waals surface area contributed by atoms with E-state index in [1.165, 1.54) is 49.1 Å². The van der Waals surface area contributed by atoms with E-state index in [-0.39, 0.29) is 17.2 Å². The van der Waals surface area contributed by atoms with E-state index in [0.717, 1.165) is 4.88 Å². The van der Waals surface area contributed by atoms with Gasteiger partial charge in [0, 0.05) is 0 Å². The van der Waals surface area contributed by atoms with Gasteiger partial charge in [0.1, 0.15) is 0 Å². The van der Waals surface area contributed by atoms with Gasteiger partial charge in [-0.25, -0.2) is 0 Å². The number of carbonyl (C=O) groups is 2. The average Bonchev–Trinajstić information content (AvgIpc) is 3.37. The normalized spacial score (nSPS) is 17.7. The van der Waals surface area contributed by atoms with E-state index < -0.39 is 5.92 Å². The van der Waals surface area contributed by atoms with Crippen molar-refractivity contribution in [3.8, 4) is 5.00 Å². The summed E-state index contributed by atoms with van der Waals surface area (Å²) in [6.07, 6.45) is 0.422. The number of benzene rings is 2. The fraction of sp³-hybridized carbons (Fsp3) is 0.321. The standard InChI is InChI=1S/C28H27N3O2STe/c1-14-7-8-22-17(9-14)18-10-15(2)11-20-23(18)31(22)26-21(28(20,3)4)13-16(34-26)12-19-24(32)29(5)27(35)30(6)25(19)33/h7-11,13,19H,12H2,1-6H3. The molecule has 2 aliphatic rings. The van der Waals surface area contributed by atoms with Gasteiger partial charge in [0.25, 0.3) is 0 Å². The van der Waals surface area contributed by atoms with E-state index in [9.17, 15) is 9.59 Å². The molecule has 35 heavy (non-hydrogen) atoms. The zero-order valence-corrected chi connectivity index (χ0v) is 23.9. The first kappa shape index (κ1) is 23.0. The van der Waals surface area contributed by atoms with Crippen LogP contribution in [0.25, 0.3) is 26.8 Å². The SMILES string of the molecule is Cc1ccc2c(c1)c1cc(C)cc3c1n2-c1sc(CC2C(=O)N(C)C(=[Te])N(C)C2=O)cc1C3(C)C. The van der Waals surface area contributed by atoms with E-state index >= 15 is 0 Å². The Morgan fingerprint density at radius 1 is 0.914 bits per heavy atom. The van der Waals surface area contributed by atoms with Crippen LogP contribution < -0.4 is 0 Å². The van der Waals surface area contributed by atoms with Gasteiger partial charge < -0.3 is 0 Å². The minimum atomic E-state index is -0.688. The first-order valence-corrected chi connectivity index (χ1v) is 13.8. The number of hydrogen-bond donors (Lipinski definition) is 0. The number of thiophene rings is 1. The number of rotatable bonds is 2. The Morgan fingerprint density at radius 3 is 2.26 bits per heavy atom. The van der Waals surface area contributed by atoms with Crippen LogP contribution in [0.3, 0.4) is 0 Å². The first-order chi connectivity index (χ1) is 16.5. The molecule has 0 aliphatic carbocycles. The van der Waals surface area contributed by atoms with Gasteiger partial charge in [-0.15, -0.1) is 0 Å². The second-order valence-electron chi connectivity index (χ2n) is 10.5. The molecule has 0 atom stereocenters. The fourth-order valence-corrected chi connectivity index (χ4v) is 7.64. The summed E-state index contributed by atoms with van der Waals surface area (Å²) in [5, 5.41) is 3.77. The van der Waals surface area contributed by atoms with Gasteiger partial charge in [0.15, 0.2) is 0 Å². The zero-order valence-electron chi connectivity index (χ0n) is 20.7. The average molecular weight is 597 g/mol. The summed E-state index contributed by atoms with van der Waals surface area (Å²) in [5.74, 6) is -0.934. The van der Waals surface area contributed by atoms with Crippen LogP contribution in [0.5, 0.6) is 0 Å². The molecule has 0 spiro atoms. The quantitative estimate of drug-likeness (QED) is 0.254. The Hall–Kier alpha value is -2.46. The summed E-state index contributed by atoms with van der Waals surface area (Å²) < 4.78 is 3.09. The summed E-state index contributed by atoms with van der Waals surface area (Å²) in [6.45, 7) is 8.90. The molecule has 0 radical (unpaired) electrons. The number of fused-ring (bicyclic) bond motifs is 5. The second kappa shape index (κ2) is 7.52. The van der Waals surface area contributed by atoms with Crippen molar-refractivity contribution in [1.29, 1.82) is 0 Å². The van der Waals surface area contributed by atoms with Crippen LogP contribution in [-0.2, 0) is 21.4 Å². The number of amides is 2. The summed E-state index contributed by atoms with van der Waals surface area (Å²) in [7, 11) is 3.50. The number of aryl methyl sites for hydroxylation is 2. The van der Waals surface area contributed by atoms with Crippen molar-refractivity contribution in [3.63, 3.8) is 0 Å². The Balaban J connectivity index is 1.56. The molecule has 0 unspecified atom stereocenters. The van der Waals surface area contributed by atoms with Crippen LogP contribution >= 0.6 is 11.3 Å². The van der Waals surface area contributed by atoms with Crippen LogP contribution in [0.2, 0.25) is 0 Å². The van der Waals surface area contributed by atoms with Gasteiger partial charge in [0.2, 0.25) is 0 Å². The van der Waals surface area contributed by atoms with Gasteiger partial charge >= 0.3 is 203 Å². The molecule has 0 saturated carbocycles. The van der Waals surface area contributed by atoms with Crippen LogP contribution in [0.4, 0.5) is 0 Å². The van der Waals surface area contributed by atoms with Gasteiger partial charge in [0.05, 0.1) is 0 Å². The Labute approximate surface area is 221 Å². The van der Waals surface area contributed by atoms with Gasteiger partial charge in [-0.2, -0.15) is 0 Å². The van der Waals surface area contributed by atoms with Crippen molar-refractivity contribution in [2.45, 2.75) is 39.5 Å². The predicted octanol–water partition coefficient (Wildman–Crippen LogP) is 4.45. The van der Waals surface area contributed by atoms with Crippen molar-refractivity contribution in [3.05, 3.63) is 63.5 Å². The monoisotopic (exact) mass is 599 g/mol. The molecule has 0 bridgehead atoms. The number of aromatic nitrogens is 1. The molecule has 1 saturated heterocycles. The molecule has 2 amide bonds. The zero-order chi connectivity index (χ0) is 25.0. The fourth-order valence-electron chi connectivity index (χ4n) is 5.75. The molecule has 178 valence electrons. The molecular weight excluding hydrogens is 570 g/mol. The molecule has 4 heterocycles. The summed E-state index contributed by atoms with van der Waals surface area (Å²) in [6, 6.07) is 13.5. The summed E-state index contributed by atoms with van der Waals surface area (Å²) >= 11 is 3.44. The molecule has 4 aromatic rings. The molecule has 2 aromatic heterocycles. The van der Waals surface area contributed by atoms with Crippen molar-refractivity contribution in [1.82, 2.24) is 14.4 Å². The predicted molar refractivity (Wildman–Crippen MR) is 144 cm³/mol. The van der Waals surface area contributed by atoms with E-state index in [1.807, 2.05) is 0 Å². The molecule has 2 aromatic carbocycles. The van der Waals surface area contributed by atoms with Crippen molar-refractivity contribution in [2.24, 2.45) is 5.92 Å². The molecule has 2 aliphatic heterocycles. The molecule has 6 rings (SSSR count). The van der Waals surface area contributed by atoms with E-state index in [1.54, 1.807) is 57.1 Å². The van der Waals surface area contributed by atoms with Crippen molar-refractivity contribution < 1.29 is 9.59 Å². The topological polar surface area (TPSA) is 45.6 Å². The van der Waals surface area contributed by atoms with Gasteiger partial charge in [-0.05, 0) is 13.8 Å². The van der Waals surface area contributed by atoms with Crippen molar-refractivity contribution >= 4 is 70.6 Å². The Bertz CT molecular complexity index is 1600. The first-order valence-electron chi connectivity index (χ1n) is 11.8. The second-order valence-corrected chi connectivity index (χ2v) is 12.6. The van der Waals surface area contributed by atoms with Crippen LogP contribution in [0.1, 0.15) is 41.0 Å². The summed E-state index contributed by atoms with van der Waals surface area (Å²) in [4.78, 5) is 30.4. The van der Waals surface area contributed by atoms with Gasteiger partial charge in [-0.1, -0.05) is 5.56 Å². The van der Waals surface area contributed by atoms with Gasteiger partial charge in [-0.3, -0.25) is 0 Å². The van der Waals surface area contributed by atoms with E-state index in [4.69, 9.17) is 0 Å². The van der Waals surface area contributed by atoms with Crippen LogP contribution in [0, 0.1) is 19.8 Å². The molecule has 0 N–H and O–H groups in total. The Kier molecular flexibility index (Phi) is 4.94. The minimum absolute atomic E-state index is 0.123. The molecular formula is C28H27N3O2STe. The number of carbonyl (C=O) groups excluding carboxylic acids is 2. The van der Waals surface area contributed by atoms with E-state index in [2.05, 4.69) is 68.7 Å². The molecule has 1 fully saturated rings. The summed E-state index contributed by atoms with van der Waals surface area (Å²) in [5.41, 5.74) is 7.39. The molecule has 5 nitrogen and oxygen atoms in total. The third-order valence-electron chi connectivity index (χ3n) is 7.71.